The predicted molar refractivity (Wildman–Crippen MR) is 68.2 cm³/mol. The van der Waals surface area contributed by atoms with Gasteiger partial charge in [0.15, 0.2) is 0 Å². The Bertz CT molecular complexity index is 294. The Morgan fingerprint density at radius 1 is 1.13 bits per heavy atom. The number of allylic oxidation sites excluding steroid dienone is 1. The highest BCUT2D eigenvalue weighted by Gasteiger charge is 2.06. The molecular formula is C15H22. The zero-order chi connectivity index (χ0) is 11.3. The first-order valence-corrected chi connectivity index (χ1v) is 5.82. The molecule has 0 N–H and O–H groups in total. The zero-order valence-electron chi connectivity index (χ0n) is 10.2. The molecule has 0 bridgehead atoms. The van der Waals surface area contributed by atoms with Gasteiger partial charge in [0.1, 0.15) is 0 Å². The first kappa shape index (κ1) is 12.0. The van der Waals surface area contributed by atoms with Crippen molar-refractivity contribution in [2.45, 2.75) is 39.5 Å². The minimum absolute atomic E-state index is 0.637. The smallest absolute Gasteiger partial charge is 0.0190 e. The second-order valence-electron chi connectivity index (χ2n) is 4.60. The summed E-state index contributed by atoms with van der Waals surface area (Å²) in [5.74, 6) is 1.30. The van der Waals surface area contributed by atoms with Gasteiger partial charge in [-0.15, -0.1) is 6.58 Å². The van der Waals surface area contributed by atoms with Crippen LogP contribution in [0.25, 0.3) is 0 Å². The van der Waals surface area contributed by atoms with E-state index < -0.39 is 0 Å². The molecule has 1 aromatic carbocycles. The lowest BCUT2D eigenvalue weighted by Crippen LogP contribution is -1.97. The summed E-state index contributed by atoms with van der Waals surface area (Å²) in [6, 6.07) is 8.89. The van der Waals surface area contributed by atoms with E-state index in [9.17, 15) is 0 Å². The van der Waals surface area contributed by atoms with Gasteiger partial charge < -0.3 is 0 Å². The van der Waals surface area contributed by atoms with Crippen LogP contribution in [0, 0.1) is 12.8 Å². The van der Waals surface area contributed by atoms with Crippen molar-refractivity contribution in [1.82, 2.24) is 0 Å². The summed E-state index contributed by atoms with van der Waals surface area (Å²) < 4.78 is 0. The molecule has 0 heteroatoms. The SMILES string of the molecule is C=CC(C)CCC(C)c1ccc(C)cc1. The summed E-state index contributed by atoms with van der Waals surface area (Å²) in [6.45, 7) is 10.5. The fourth-order valence-corrected chi connectivity index (χ4v) is 1.69. The summed E-state index contributed by atoms with van der Waals surface area (Å²) in [6.07, 6.45) is 4.52. The standard InChI is InChI=1S/C15H22/c1-5-12(2)6-9-14(4)15-10-7-13(3)8-11-15/h5,7-8,10-12,14H,1,6,9H2,2-4H3. The fourth-order valence-electron chi connectivity index (χ4n) is 1.69. The summed E-state index contributed by atoms with van der Waals surface area (Å²) >= 11 is 0. The Morgan fingerprint density at radius 2 is 1.73 bits per heavy atom. The largest absolute Gasteiger partial charge is 0.103 e. The number of hydrogen-bond donors (Lipinski definition) is 0. The van der Waals surface area contributed by atoms with Gasteiger partial charge in [0.25, 0.3) is 0 Å². The molecule has 0 aliphatic carbocycles. The maximum atomic E-state index is 3.82. The lowest BCUT2D eigenvalue weighted by Gasteiger charge is -2.13. The van der Waals surface area contributed by atoms with Gasteiger partial charge in [-0.2, -0.15) is 0 Å². The van der Waals surface area contributed by atoms with Gasteiger partial charge in [0, 0.05) is 0 Å². The third-order valence-corrected chi connectivity index (χ3v) is 3.10. The van der Waals surface area contributed by atoms with Crippen molar-refractivity contribution >= 4 is 0 Å². The molecule has 15 heavy (non-hydrogen) atoms. The van der Waals surface area contributed by atoms with E-state index in [4.69, 9.17) is 0 Å². The molecule has 0 aliphatic heterocycles. The highest BCUT2D eigenvalue weighted by molar-refractivity contribution is 5.23. The highest BCUT2D eigenvalue weighted by atomic mass is 14.1. The molecule has 0 nitrogen and oxygen atoms in total. The van der Waals surface area contributed by atoms with E-state index in [1.54, 1.807) is 0 Å². The number of hydrogen-bond acceptors (Lipinski definition) is 0. The van der Waals surface area contributed by atoms with Crippen LogP contribution in [-0.4, -0.2) is 0 Å². The lowest BCUT2D eigenvalue weighted by atomic mass is 9.92. The van der Waals surface area contributed by atoms with E-state index in [0.29, 0.717) is 11.8 Å². The van der Waals surface area contributed by atoms with Crippen LogP contribution in [0.2, 0.25) is 0 Å². The van der Waals surface area contributed by atoms with E-state index in [0.717, 1.165) is 0 Å². The molecule has 0 radical (unpaired) electrons. The van der Waals surface area contributed by atoms with Crippen molar-refractivity contribution in [2.24, 2.45) is 5.92 Å². The van der Waals surface area contributed by atoms with E-state index in [1.807, 2.05) is 6.08 Å². The number of benzene rings is 1. The van der Waals surface area contributed by atoms with Crippen molar-refractivity contribution in [2.75, 3.05) is 0 Å². The average molecular weight is 202 g/mol. The molecule has 0 saturated carbocycles. The Hall–Kier alpha value is -1.04. The highest BCUT2D eigenvalue weighted by Crippen LogP contribution is 2.23. The van der Waals surface area contributed by atoms with Crippen LogP contribution in [0.5, 0.6) is 0 Å². The van der Waals surface area contributed by atoms with Gasteiger partial charge in [-0.1, -0.05) is 49.8 Å². The monoisotopic (exact) mass is 202 g/mol. The zero-order valence-corrected chi connectivity index (χ0v) is 10.2. The number of aryl methyl sites for hydroxylation is 1. The molecule has 0 spiro atoms. The molecule has 2 atom stereocenters. The van der Waals surface area contributed by atoms with Crippen molar-refractivity contribution in [1.29, 1.82) is 0 Å². The molecule has 2 unspecified atom stereocenters. The molecule has 0 aromatic heterocycles. The van der Waals surface area contributed by atoms with Crippen molar-refractivity contribution < 1.29 is 0 Å². The summed E-state index contributed by atoms with van der Waals surface area (Å²) in [7, 11) is 0. The lowest BCUT2D eigenvalue weighted by molar-refractivity contribution is 0.554. The van der Waals surface area contributed by atoms with Crippen LogP contribution in [0.4, 0.5) is 0 Å². The Balaban J connectivity index is 2.49. The molecule has 82 valence electrons. The molecule has 0 saturated heterocycles. The second-order valence-corrected chi connectivity index (χ2v) is 4.60. The first-order chi connectivity index (χ1) is 7.13. The van der Waals surface area contributed by atoms with Gasteiger partial charge in [0.05, 0.1) is 0 Å². The maximum absolute atomic E-state index is 3.82. The first-order valence-electron chi connectivity index (χ1n) is 5.82. The van der Waals surface area contributed by atoms with E-state index in [-0.39, 0.29) is 0 Å². The van der Waals surface area contributed by atoms with Crippen LogP contribution in [-0.2, 0) is 0 Å². The minimum Gasteiger partial charge on any atom is -0.103 e. The van der Waals surface area contributed by atoms with Gasteiger partial charge in [-0.05, 0) is 37.2 Å². The third-order valence-electron chi connectivity index (χ3n) is 3.10. The van der Waals surface area contributed by atoms with Gasteiger partial charge in [-0.25, -0.2) is 0 Å². The van der Waals surface area contributed by atoms with Crippen LogP contribution in [0.15, 0.2) is 36.9 Å². The Morgan fingerprint density at radius 3 is 2.27 bits per heavy atom. The average Bonchev–Trinajstić information content (AvgIpc) is 2.26. The van der Waals surface area contributed by atoms with E-state index >= 15 is 0 Å². The molecule has 1 aromatic rings. The van der Waals surface area contributed by atoms with E-state index in [2.05, 4.69) is 51.6 Å². The minimum atomic E-state index is 0.637. The number of rotatable bonds is 5. The topological polar surface area (TPSA) is 0 Å². The van der Waals surface area contributed by atoms with Crippen LogP contribution < -0.4 is 0 Å². The quantitative estimate of drug-likeness (QED) is 0.607. The molecule has 0 aliphatic rings. The van der Waals surface area contributed by atoms with Crippen molar-refractivity contribution in [3.8, 4) is 0 Å². The summed E-state index contributed by atoms with van der Waals surface area (Å²) in [5, 5.41) is 0. The maximum Gasteiger partial charge on any atom is -0.0190 e. The molecular weight excluding hydrogens is 180 g/mol. The Kier molecular flexibility index (Phi) is 4.61. The predicted octanol–water partition coefficient (Wildman–Crippen LogP) is 4.70. The summed E-state index contributed by atoms with van der Waals surface area (Å²) in [4.78, 5) is 0. The van der Waals surface area contributed by atoms with E-state index in [1.165, 1.54) is 24.0 Å². The molecule has 0 heterocycles. The fraction of sp³-hybridized carbons (Fsp3) is 0.467. The Labute approximate surface area is 94.0 Å². The molecule has 1 rings (SSSR count). The van der Waals surface area contributed by atoms with Crippen LogP contribution in [0.1, 0.15) is 43.7 Å². The van der Waals surface area contributed by atoms with Crippen molar-refractivity contribution in [3.63, 3.8) is 0 Å². The van der Waals surface area contributed by atoms with Gasteiger partial charge in [0.2, 0.25) is 0 Å². The summed E-state index contributed by atoms with van der Waals surface area (Å²) in [5.41, 5.74) is 2.79. The van der Waals surface area contributed by atoms with Crippen LogP contribution in [0.3, 0.4) is 0 Å². The second kappa shape index (κ2) is 5.75. The molecule has 0 amide bonds. The van der Waals surface area contributed by atoms with Crippen LogP contribution >= 0.6 is 0 Å². The third kappa shape index (κ3) is 3.91. The van der Waals surface area contributed by atoms with Gasteiger partial charge in [-0.3, -0.25) is 0 Å². The molecule has 0 fully saturated rings. The normalized spacial score (nSPS) is 14.6. The van der Waals surface area contributed by atoms with Crippen molar-refractivity contribution in [3.05, 3.63) is 48.0 Å². The van der Waals surface area contributed by atoms with Gasteiger partial charge >= 0.3 is 0 Å².